The Balaban J connectivity index is 1.75. The van der Waals surface area contributed by atoms with Gasteiger partial charge in [0.15, 0.2) is 5.13 Å². The number of aliphatic carboxylic acids is 1. The van der Waals surface area contributed by atoms with Crippen LogP contribution in [0.4, 0.5) is 5.13 Å². The summed E-state index contributed by atoms with van der Waals surface area (Å²) in [4.78, 5) is 32.3. The van der Waals surface area contributed by atoms with E-state index in [9.17, 15) is 14.9 Å². The monoisotopic (exact) mass is 356 g/mol. The maximum atomic E-state index is 12.5. The molecule has 0 spiro atoms. The molecule has 3 rings (SSSR count). The zero-order valence-corrected chi connectivity index (χ0v) is 14.1. The summed E-state index contributed by atoms with van der Waals surface area (Å²) in [6, 6.07) is 5.60. The summed E-state index contributed by atoms with van der Waals surface area (Å²) in [6.45, 7) is 0. The molecule has 2 N–H and O–H groups in total. The Hall–Kier alpha value is -2.79. The van der Waals surface area contributed by atoms with Crippen molar-refractivity contribution >= 4 is 28.3 Å². The van der Waals surface area contributed by atoms with Crippen molar-refractivity contribution in [3.05, 3.63) is 29.4 Å². The van der Waals surface area contributed by atoms with Gasteiger partial charge in [0.1, 0.15) is 16.6 Å². The number of hydrogen-bond donors (Lipinski definition) is 2. The van der Waals surface area contributed by atoms with Gasteiger partial charge in [-0.1, -0.05) is 17.8 Å². The van der Waals surface area contributed by atoms with Crippen molar-refractivity contribution in [3.63, 3.8) is 0 Å². The number of carboxylic acids is 1. The molecule has 1 aliphatic rings. The number of nitrogens with zero attached hydrogens (tertiary/aromatic N) is 3. The largest absolute Gasteiger partial charge is 0.481 e. The molecule has 0 aliphatic heterocycles. The predicted octanol–water partition coefficient (Wildman–Crippen LogP) is 2.91. The van der Waals surface area contributed by atoms with Gasteiger partial charge >= 0.3 is 5.97 Å². The van der Waals surface area contributed by atoms with Crippen molar-refractivity contribution in [2.75, 3.05) is 5.32 Å². The first kappa shape index (κ1) is 17.0. The van der Waals surface area contributed by atoms with E-state index >= 15 is 0 Å². The molecule has 0 radical (unpaired) electrons. The average Bonchev–Trinajstić information content (AvgIpc) is 3.05. The third-order valence-electron chi connectivity index (χ3n) is 4.31. The van der Waals surface area contributed by atoms with Gasteiger partial charge in [0.05, 0.1) is 5.92 Å². The summed E-state index contributed by atoms with van der Waals surface area (Å²) < 4.78 is 0. The Morgan fingerprint density at radius 1 is 1.28 bits per heavy atom. The van der Waals surface area contributed by atoms with E-state index in [0.717, 1.165) is 23.3 Å². The van der Waals surface area contributed by atoms with Gasteiger partial charge in [0, 0.05) is 23.9 Å². The average molecular weight is 356 g/mol. The Morgan fingerprint density at radius 2 is 2.00 bits per heavy atom. The molecule has 2 heterocycles. The molecule has 8 heteroatoms. The van der Waals surface area contributed by atoms with E-state index in [1.54, 1.807) is 24.5 Å². The lowest BCUT2D eigenvalue weighted by molar-refractivity contribution is -0.143. The highest BCUT2D eigenvalue weighted by atomic mass is 32.1. The third kappa shape index (κ3) is 3.83. The standard InChI is InChI=1S/C17H16N4O3S/c18-9-13-14(10-4-6-19-7-5-10)20-17(25-13)21-15(22)11-2-1-3-12(8-11)16(23)24/h4-7,11-12H,1-3,8H2,(H,23,24)(H,20,21,22)/t11-,12+/m0/s1. The fourth-order valence-corrected chi connectivity index (χ4v) is 3.80. The summed E-state index contributed by atoms with van der Waals surface area (Å²) in [7, 11) is 0. The van der Waals surface area contributed by atoms with Crippen LogP contribution in [0.1, 0.15) is 30.6 Å². The molecule has 1 amide bonds. The molecule has 1 saturated carbocycles. The molecule has 0 unspecified atom stereocenters. The number of amides is 1. The predicted molar refractivity (Wildman–Crippen MR) is 91.8 cm³/mol. The minimum Gasteiger partial charge on any atom is -0.481 e. The molecule has 0 aromatic carbocycles. The second kappa shape index (κ2) is 7.40. The highest BCUT2D eigenvalue weighted by Gasteiger charge is 2.31. The van der Waals surface area contributed by atoms with Crippen LogP contribution in [-0.2, 0) is 9.59 Å². The van der Waals surface area contributed by atoms with Crippen LogP contribution in [0.25, 0.3) is 11.3 Å². The van der Waals surface area contributed by atoms with Crippen molar-refractivity contribution in [3.8, 4) is 17.3 Å². The van der Waals surface area contributed by atoms with Gasteiger partial charge in [0.25, 0.3) is 0 Å². The second-order valence-corrected chi connectivity index (χ2v) is 6.93. The number of nitriles is 1. The SMILES string of the molecule is N#Cc1sc(NC(=O)[C@H]2CCC[C@@H](C(=O)O)C2)nc1-c1ccncc1. The van der Waals surface area contributed by atoms with Gasteiger partial charge < -0.3 is 10.4 Å². The van der Waals surface area contributed by atoms with Crippen LogP contribution in [0.15, 0.2) is 24.5 Å². The summed E-state index contributed by atoms with van der Waals surface area (Å²) >= 11 is 1.11. The lowest BCUT2D eigenvalue weighted by Gasteiger charge is -2.25. The molecule has 25 heavy (non-hydrogen) atoms. The molecule has 1 aliphatic carbocycles. The van der Waals surface area contributed by atoms with E-state index < -0.39 is 11.9 Å². The lowest BCUT2D eigenvalue weighted by atomic mass is 9.81. The summed E-state index contributed by atoms with van der Waals surface area (Å²) in [5.74, 6) is -1.89. The Labute approximate surface area is 148 Å². The summed E-state index contributed by atoms with van der Waals surface area (Å²) in [5, 5.41) is 21.5. The van der Waals surface area contributed by atoms with Crippen LogP contribution >= 0.6 is 11.3 Å². The number of nitrogens with one attached hydrogen (secondary N) is 1. The van der Waals surface area contributed by atoms with Crippen molar-refractivity contribution in [2.24, 2.45) is 11.8 Å². The van der Waals surface area contributed by atoms with Crippen molar-refractivity contribution in [1.82, 2.24) is 9.97 Å². The molecular weight excluding hydrogens is 340 g/mol. The van der Waals surface area contributed by atoms with Crippen LogP contribution in [0, 0.1) is 23.2 Å². The van der Waals surface area contributed by atoms with E-state index in [1.807, 2.05) is 0 Å². The molecule has 2 atom stereocenters. The van der Waals surface area contributed by atoms with E-state index in [-0.39, 0.29) is 11.8 Å². The van der Waals surface area contributed by atoms with Crippen LogP contribution in [0.2, 0.25) is 0 Å². The third-order valence-corrected chi connectivity index (χ3v) is 5.18. The quantitative estimate of drug-likeness (QED) is 0.870. The summed E-state index contributed by atoms with van der Waals surface area (Å²) in [5.41, 5.74) is 1.27. The van der Waals surface area contributed by atoms with Gasteiger partial charge in [0.2, 0.25) is 5.91 Å². The topological polar surface area (TPSA) is 116 Å². The second-order valence-electron chi connectivity index (χ2n) is 5.93. The van der Waals surface area contributed by atoms with Gasteiger partial charge in [-0.05, 0) is 31.4 Å². The first-order valence-electron chi connectivity index (χ1n) is 7.93. The number of rotatable bonds is 4. The molecule has 7 nitrogen and oxygen atoms in total. The van der Waals surface area contributed by atoms with Crippen molar-refractivity contribution < 1.29 is 14.7 Å². The van der Waals surface area contributed by atoms with E-state index in [0.29, 0.717) is 35.0 Å². The Bertz CT molecular complexity index is 828. The zero-order valence-electron chi connectivity index (χ0n) is 13.3. The first-order chi connectivity index (χ1) is 12.1. The molecular formula is C17H16N4O3S. The Kier molecular flexibility index (Phi) is 5.05. The minimum absolute atomic E-state index is 0.231. The van der Waals surface area contributed by atoms with E-state index in [2.05, 4.69) is 21.4 Å². The highest BCUT2D eigenvalue weighted by molar-refractivity contribution is 7.16. The number of carbonyl (C=O) groups excluding carboxylic acids is 1. The maximum absolute atomic E-state index is 12.5. The molecule has 1 fully saturated rings. The van der Waals surface area contributed by atoms with E-state index in [1.165, 1.54) is 0 Å². The normalized spacial score (nSPS) is 19.8. The molecule has 128 valence electrons. The van der Waals surface area contributed by atoms with Gasteiger partial charge in [-0.3, -0.25) is 14.6 Å². The van der Waals surface area contributed by atoms with E-state index in [4.69, 9.17) is 5.11 Å². The smallest absolute Gasteiger partial charge is 0.306 e. The number of carboxylic acid groups (broad SMARTS) is 1. The Morgan fingerprint density at radius 3 is 2.68 bits per heavy atom. The minimum atomic E-state index is -0.849. The number of anilines is 1. The van der Waals surface area contributed by atoms with Crippen LogP contribution in [0.5, 0.6) is 0 Å². The molecule has 0 bridgehead atoms. The van der Waals surface area contributed by atoms with Gasteiger partial charge in [-0.25, -0.2) is 4.98 Å². The molecule has 0 saturated heterocycles. The highest BCUT2D eigenvalue weighted by Crippen LogP contribution is 2.33. The number of thiazole rings is 1. The van der Waals surface area contributed by atoms with Crippen molar-refractivity contribution in [2.45, 2.75) is 25.7 Å². The van der Waals surface area contributed by atoms with Crippen molar-refractivity contribution in [1.29, 1.82) is 5.26 Å². The van der Waals surface area contributed by atoms with Gasteiger partial charge in [-0.15, -0.1) is 0 Å². The molecule has 2 aromatic heterocycles. The first-order valence-corrected chi connectivity index (χ1v) is 8.75. The van der Waals surface area contributed by atoms with Gasteiger partial charge in [-0.2, -0.15) is 5.26 Å². The number of hydrogen-bond acceptors (Lipinski definition) is 6. The number of pyridine rings is 1. The maximum Gasteiger partial charge on any atom is 0.306 e. The number of carbonyl (C=O) groups is 2. The zero-order chi connectivity index (χ0) is 17.8. The molecule has 2 aromatic rings. The van der Waals surface area contributed by atoms with Crippen LogP contribution < -0.4 is 5.32 Å². The van der Waals surface area contributed by atoms with Crippen LogP contribution in [0.3, 0.4) is 0 Å². The van der Waals surface area contributed by atoms with Crippen LogP contribution in [-0.4, -0.2) is 27.0 Å². The number of aromatic nitrogens is 2. The fourth-order valence-electron chi connectivity index (χ4n) is 3.01. The summed E-state index contributed by atoms with van der Waals surface area (Å²) in [6.07, 6.45) is 5.57. The fraction of sp³-hybridized carbons (Fsp3) is 0.353. The lowest BCUT2D eigenvalue weighted by Crippen LogP contribution is -2.30.